The summed E-state index contributed by atoms with van der Waals surface area (Å²) < 4.78 is 13.0. The minimum absolute atomic E-state index is 0.0506. The molecule has 5 N–H and O–H groups in total. The first-order chi connectivity index (χ1) is 13.8. The maximum Gasteiger partial charge on any atom is 0.260 e. The molecule has 4 amide bonds. The first-order valence-corrected chi connectivity index (χ1v) is 8.82. The van der Waals surface area contributed by atoms with E-state index in [1.165, 1.54) is 12.1 Å². The van der Waals surface area contributed by atoms with Gasteiger partial charge in [0.2, 0.25) is 11.8 Å². The summed E-state index contributed by atoms with van der Waals surface area (Å²) in [5, 5.41) is 2.45. The van der Waals surface area contributed by atoms with Crippen LogP contribution in [0.2, 0.25) is 0 Å². The van der Waals surface area contributed by atoms with E-state index < -0.39 is 35.5 Å². The van der Waals surface area contributed by atoms with Gasteiger partial charge in [0.15, 0.2) is 0 Å². The molecule has 0 radical (unpaired) electrons. The predicted molar refractivity (Wildman–Crippen MR) is 103 cm³/mol. The topological polar surface area (TPSA) is 130 Å². The molecule has 29 heavy (non-hydrogen) atoms. The predicted octanol–water partition coefficient (Wildman–Crippen LogP) is 0.580. The summed E-state index contributed by atoms with van der Waals surface area (Å²) in [4.78, 5) is 47.7. The number of carbonyl (C=O) groups excluding carboxylic acids is 4. The van der Waals surface area contributed by atoms with Crippen molar-refractivity contribution < 1.29 is 23.6 Å². The van der Waals surface area contributed by atoms with Crippen molar-refractivity contribution in [1.82, 2.24) is 16.2 Å². The van der Waals surface area contributed by atoms with Gasteiger partial charge in [0, 0.05) is 12.0 Å². The maximum atomic E-state index is 13.0. The molecule has 2 rings (SSSR count). The standard InChI is InChI=1S/C20H21FN4O4/c21-15-8-6-14(7-9-15)19(28)23-16(10-11-17(22)26)20(29)25-24-18(27)12-13-4-2-1-3-5-13/h1-9,16H,10-12H2,(H2,22,26)(H,23,28)(H,24,27)(H,25,29)/t16-/m1/s1. The molecule has 0 bridgehead atoms. The van der Waals surface area contributed by atoms with E-state index in [9.17, 15) is 23.6 Å². The third-order valence-corrected chi connectivity index (χ3v) is 3.94. The maximum absolute atomic E-state index is 13.0. The lowest BCUT2D eigenvalue weighted by molar-refractivity contribution is -0.130. The van der Waals surface area contributed by atoms with Crippen LogP contribution < -0.4 is 21.9 Å². The molecule has 0 aromatic heterocycles. The molecule has 8 nitrogen and oxygen atoms in total. The number of halogens is 1. The minimum Gasteiger partial charge on any atom is -0.370 e. The summed E-state index contributed by atoms with van der Waals surface area (Å²) in [7, 11) is 0. The van der Waals surface area contributed by atoms with Crippen LogP contribution in [0.3, 0.4) is 0 Å². The van der Waals surface area contributed by atoms with Gasteiger partial charge in [-0.25, -0.2) is 4.39 Å². The van der Waals surface area contributed by atoms with E-state index in [0.717, 1.165) is 17.7 Å². The normalized spacial score (nSPS) is 11.2. The Hall–Kier alpha value is -3.75. The van der Waals surface area contributed by atoms with Crippen molar-refractivity contribution in [3.8, 4) is 0 Å². The number of hydrazine groups is 1. The molecule has 0 aliphatic carbocycles. The van der Waals surface area contributed by atoms with Gasteiger partial charge in [-0.3, -0.25) is 30.0 Å². The van der Waals surface area contributed by atoms with Crippen molar-refractivity contribution in [3.05, 3.63) is 71.5 Å². The lowest BCUT2D eigenvalue weighted by atomic mass is 10.1. The summed E-state index contributed by atoms with van der Waals surface area (Å²) in [6.45, 7) is 0. The van der Waals surface area contributed by atoms with Crippen molar-refractivity contribution in [2.75, 3.05) is 0 Å². The summed E-state index contributed by atoms with van der Waals surface area (Å²) in [5.41, 5.74) is 10.5. The smallest absolute Gasteiger partial charge is 0.260 e. The van der Waals surface area contributed by atoms with Crippen LogP contribution >= 0.6 is 0 Å². The van der Waals surface area contributed by atoms with Crippen LogP contribution in [0.1, 0.15) is 28.8 Å². The van der Waals surface area contributed by atoms with Gasteiger partial charge in [-0.05, 0) is 36.2 Å². The average molecular weight is 400 g/mol. The number of nitrogens with one attached hydrogen (secondary N) is 3. The van der Waals surface area contributed by atoms with E-state index in [-0.39, 0.29) is 24.8 Å². The zero-order chi connectivity index (χ0) is 21.2. The molecule has 0 aliphatic heterocycles. The van der Waals surface area contributed by atoms with Gasteiger partial charge >= 0.3 is 0 Å². The van der Waals surface area contributed by atoms with Gasteiger partial charge in [0.05, 0.1) is 6.42 Å². The summed E-state index contributed by atoms with van der Waals surface area (Å²) >= 11 is 0. The number of carbonyl (C=O) groups is 4. The van der Waals surface area contributed by atoms with Crippen molar-refractivity contribution in [2.45, 2.75) is 25.3 Å². The molecule has 0 fully saturated rings. The third-order valence-electron chi connectivity index (χ3n) is 3.94. The van der Waals surface area contributed by atoms with Gasteiger partial charge in [0.1, 0.15) is 11.9 Å². The molecule has 0 saturated heterocycles. The first-order valence-electron chi connectivity index (χ1n) is 8.82. The number of benzene rings is 2. The van der Waals surface area contributed by atoms with E-state index in [2.05, 4.69) is 16.2 Å². The van der Waals surface area contributed by atoms with E-state index in [1.54, 1.807) is 24.3 Å². The molecular formula is C20H21FN4O4. The van der Waals surface area contributed by atoms with Crippen molar-refractivity contribution in [3.63, 3.8) is 0 Å². The van der Waals surface area contributed by atoms with Gasteiger partial charge in [-0.1, -0.05) is 30.3 Å². The second-order valence-corrected chi connectivity index (χ2v) is 6.24. The summed E-state index contributed by atoms with van der Waals surface area (Å²) in [5.74, 6) is -2.96. The highest BCUT2D eigenvalue weighted by Gasteiger charge is 2.22. The molecule has 0 spiro atoms. The van der Waals surface area contributed by atoms with Crippen LogP contribution in [0.5, 0.6) is 0 Å². The van der Waals surface area contributed by atoms with Crippen molar-refractivity contribution >= 4 is 23.6 Å². The number of hydrogen-bond donors (Lipinski definition) is 4. The monoisotopic (exact) mass is 400 g/mol. The van der Waals surface area contributed by atoms with Crippen molar-refractivity contribution in [2.24, 2.45) is 5.73 Å². The minimum atomic E-state index is -1.13. The van der Waals surface area contributed by atoms with Crippen LogP contribution in [-0.2, 0) is 20.8 Å². The van der Waals surface area contributed by atoms with Gasteiger partial charge in [-0.2, -0.15) is 0 Å². The molecule has 0 unspecified atom stereocenters. The number of hydrogen-bond acceptors (Lipinski definition) is 4. The Kier molecular flexibility index (Phi) is 7.84. The third kappa shape index (κ3) is 7.41. The Morgan fingerprint density at radius 3 is 2.21 bits per heavy atom. The summed E-state index contributed by atoms with van der Waals surface area (Å²) in [6, 6.07) is 12.5. The van der Waals surface area contributed by atoms with Gasteiger partial charge in [0.25, 0.3) is 11.8 Å². The van der Waals surface area contributed by atoms with E-state index in [1.807, 2.05) is 6.07 Å². The van der Waals surface area contributed by atoms with Crippen LogP contribution in [0.15, 0.2) is 54.6 Å². The van der Waals surface area contributed by atoms with E-state index >= 15 is 0 Å². The van der Waals surface area contributed by atoms with Crippen LogP contribution in [0, 0.1) is 5.82 Å². The quantitative estimate of drug-likeness (QED) is 0.483. The highest BCUT2D eigenvalue weighted by molar-refractivity contribution is 5.98. The van der Waals surface area contributed by atoms with Gasteiger partial charge in [-0.15, -0.1) is 0 Å². The number of primary amides is 1. The average Bonchev–Trinajstić information content (AvgIpc) is 2.70. The Morgan fingerprint density at radius 1 is 0.931 bits per heavy atom. The Balaban J connectivity index is 1.95. The summed E-state index contributed by atoms with van der Waals surface area (Å²) in [6.07, 6.45) is -0.169. The Bertz CT molecular complexity index is 872. The van der Waals surface area contributed by atoms with Crippen LogP contribution in [0.25, 0.3) is 0 Å². The van der Waals surface area contributed by atoms with Crippen LogP contribution in [0.4, 0.5) is 4.39 Å². The van der Waals surface area contributed by atoms with E-state index in [4.69, 9.17) is 5.73 Å². The number of rotatable bonds is 8. The molecule has 1 atom stereocenters. The van der Waals surface area contributed by atoms with Gasteiger partial charge < -0.3 is 11.1 Å². The number of amides is 4. The zero-order valence-electron chi connectivity index (χ0n) is 15.5. The fourth-order valence-electron chi connectivity index (χ4n) is 2.44. The molecule has 0 aliphatic rings. The van der Waals surface area contributed by atoms with Crippen molar-refractivity contribution in [1.29, 1.82) is 0 Å². The molecule has 0 heterocycles. The molecule has 152 valence electrons. The SMILES string of the molecule is NC(=O)CC[C@@H](NC(=O)c1ccc(F)cc1)C(=O)NNC(=O)Cc1ccccc1. The molecule has 2 aromatic carbocycles. The molecular weight excluding hydrogens is 379 g/mol. The molecule has 9 heteroatoms. The van der Waals surface area contributed by atoms with E-state index in [0.29, 0.717) is 0 Å². The lowest BCUT2D eigenvalue weighted by Crippen LogP contribution is -2.52. The molecule has 2 aromatic rings. The number of nitrogens with two attached hydrogens (primary N) is 1. The largest absolute Gasteiger partial charge is 0.370 e. The second-order valence-electron chi connectivity index (χ2n) is 6.24. The Morgan fingerprint density at radius 2 is 1.59 bits per heavy atom. The Labute approximate surface area is 166 Å². The lowest BCUT2D eigenvalue weighted by Gasteiger charge is -2.18. The highest BCUT2D eigenvalue weighted by Crippen LogP contribution is 2.05. The highest BCUT2D eigenvalue weighted by atomic mass is 19.1. The zero-order valence-corrected chi connectivity index (χ0v) is 15.5. The van der Waals surface area contributed by atoms with Crippen LogP contribution in [-0.4, -0.2) is 29.7 Å². The second kappa shape index (κ2) is 10.5. The fourth-order valence-corrected chi connectivity index (χ4v) is 2.44. The first kappa shape index (κ1) is 21.5. The fraction of sp³-hybridized carbons (Fsp3) is 0.200. The molecule has 0 saturated carbocycles.